The molecule has 1 N–H and O–H groups in total. The van der Waals surface area contributed by atoms with Crippen LogP contribution in [0.1, 0.15) is 44.7 Å². The molecule has 0 aliphatic carbocycles. The third-order valence-corrected chi connectivity index (χ3v) is 4.79. The zero-order chi connectivity index (χ0) is 17.9. The summed E-state index contributed by atoms with van der Waals surface area (Å²) in [4.78, 5) is 13.8. The second kappa shape index (κ2) is 7.83. The van der Waals surface area contributed by atoms with Crippen molar-refractivity contribution < 1.29 is 13.9 Å². The molecule has 1 amide bonds. The molecule has 0 bridgehead atoms. The number of piperidine rings is 1. The molecule has 0 aromatic heterocycles. The van der Waals surface area contributed by atoms with Crippen molar-refractivity contribution in [3.05, 3.63) is 33.5 Å². The molecule has 24 heavy (non-hydrogen) atoms. The van der Waals surface area contributed by atoms with E-state index in [1.54, 1.807) is 24.0 Å². The van der Waals surface area contributed by atoms with Crippen molar-refractivity contribution in [3.63, 3.8) is 0 Å². The highest BCUT2D eigenvalue weighted by molar-refractivity contribution is 9.10. The van der Waals surface area contributed by atoms with Crippen molar-refractivity contribution in [1.29, 1.82) is 0 Å². The highest BCUT2D eigenvalue weighted by atomic mass is 79.9. The maximum absolute atomic E-state index is 13.7. The number of likely N-dealkylation sites (tertiary alicyclic amines) is 1. The summed E-state index contributed by atoms with van der Waals surface area (Å²) in [5.41, 5.74) is 1.08. The molecular formula is C18H26BrFN2O2. The Bertz CT molecular complexity index is 593. The van der Waals surface area contributed by atoms with E-state index in [4.69, 9.17) is 4.74 Å². The SMILES string of the molecule is Cc1cc(Br)c(CNC2CCN(C(=O)OC(C)(C)C)CC2)cc1F. The van der Waals surface area contributed by atoms with Crippen LogP contribution in [0.4, 0.5) is 9.18 Å². The second-order valence-electron chi connectivity index (χ2n) is 7.32. The van der Waals surface area contributed by atoms with Gasteiger partial charge in [0.05, 0.1) is 0 Å². The van der Waals surface area contributed by atoms with E-state index >= 15 is 0 Å². The van der Waals surface area contributed by atoms with Gasteiger partial charge in [0.2, 0.25) is 0 Å². The molecule has 1 aliphatic rings. The molecule has 0 unspecified atom stereocenters. The lowest BCUT2D eigenvalue weighted by molar-refractivity contribution is 0.0198. The summed E-state index contributed by atoms with van der Waals surface area (Å²) in [5, 5.41) is 3.46. The number of benzene rings is 1. The molecule has 1 saturated heterocycles. The number of halogens is 2. The van der Waals surface area contributed by atoms with Gasteiger partial charge in [0.25, 0.3) is 0 Å². The van der Waals surface area contributed by atoms with Crippen molar-refractivity contribution >= 4 is 22.0 Å². The summed E-state index contributed by atoms with van der Waals surface area (Å²) in [6, 6.07) is 3.69. The first-order valence-corrected chi connectivity index (χ1v) is 9.11. The lowest BCUT2D eigenvalue weighted by Gasteiger charge is -2.33. The maximum atomic E-state index is 13.7. The summed E-state index contributed by atoms with van der Waals surface area (Å²) in [5.74, 6) is -0.185. The van der Waals surface area contributed by atoms with Crippen LogP contribution in [0, 0.1) is 12.7 Å². The minimum Gasteiger partial charge on any atom is -0.444 e. The summed E-state index contributed by atoms with van der Waals surface area (Å²) in [6.45, 7) is 9.33. The summed E-state index contributed by atoms with van der Waals surface area (Å²) in [6.07, 6.45) is 1.49. The zero-order valence-corrected chi connectivity index (χ0v) is 16.4. The van der Waals surface area contributed by atoms with Crippen LogP contribution < -0.4 is 5.32 Å². The fourth-order valence-electron chi connectivity index (χ4n) is 2.67. The van der Waals surface area contributed by atoms with Crippen molar-refractivity contribution in [2.24, 2.45) is 0 Å². The number of rotatable bonds is 3. The van der Waals surface area contributed by atoms with E-state index < -0.39 is 5.60 Å². The fourth-order valence-corrected chi connectivity index (χ4v) is 3.27. The van der Waals surface area contributed by atoms with Crippen molar-refractivity contribution in [2.75, 3.05) is 13.1 Å². The number of hydrogen-bond donors (Lipinski definition) is 1. The minimum atomic E-state index is -0.464. The van der Waals surface area contributed by atoms with Gasteiger partial charge in [-0.25, -0.2) is 9.18 Å². The monoisotopic (exact) mass is 400 g/mol. The second-order valence-corrected chi connectivity index (χ2v) is 8.17. The van der Waals surface area contributed by atoms with Crippen LogP contribution in [0.25, 0.3) is 0 Å². The van der Waals surface area contributed by atoms with Gasteiger partial charge in [-0.15, -0.1) is 0 Å². The topological polar surface area (TPSA) is 41.6 Å². The quantitative estimate of drug-likeness (QED) is 0.817. The molecule has 1 aromatic carbocycles. The van der Waals surface area contributed by atoms with Crippen LogP contribution in [0.5, 0.6) is 0 Å². The van der Waals surface area contributed by atoms with E-state index in [1.807, 2.05) is 20.8 Å². The van der Waals surface area contributed by atoms with Gasteiger partial charge in [0.1, 0.15) is 11.4 Å². The third kappa shape index (κ3) is 5.45. The summed E-state index contributed by atoms with van der Waals surface area (Å²) >= 11 is 3.49. The van der Waals surface area contributed by atoms with Gasteiger partial charge in [-0.1, -0.05) is 15.9 Å². The van der Waals surface area contributed by atoms with Gasteiger partial charge >= 0.3 is 6.09 Å². The molecule has 1 fully saturated rings. The molecule has 1 aliphatic heterocycles. The van der Waals surface area contributed by atoms with Crippen molar-refractivity contribution in [3.8, 4) is 0 Å². The number of amides is 1. The van der Waals surface area contributed by atoms with Gasteiger partial charge < -0.3 is 15.0 Å². The van der Waals surface area contributed by atoms with Crippen molar-refractivity contribution in [1.82, 2.24) is 10.2 Å². The van der Waals surface area contributed by atoms with Crippen LogP contribution >= 0.6 is 15.9 Å². The van der Waals surface area contributed by atoms with Crippen LogP contribution in [-0.2, 0) is 11.3 Å². The first-order chi connectivity index (χ1) is 11.2. The molecule has 4 nitrogen and oxygen atoms in total. The van der Waals surface area contributed by atoms with Gasteiger partial charge in [0.15, 0.2) is 0 Å². The number of carbonyl (C=O) groups excluding carboxylic acids is 1. The Labute approximate surface area is 151 Å². The molecule has 1 heterocycles. The number of carbonyl (C=O) groups is 1. The lowest BCUT2D eigenvalue weighted by atomic mass is 10.0. The Hall–Kier alpha value is -1.14. The molecular weight excluding hydrogens is 375 g/mol. The normalized spacial score (nSPS) is 16.3. The molecule has 0 radical (unpaired) electrons. The Morgan fingerprint density at radius 2 is 2.00 bits per heavy atom. The smallest absolute Gasteiger partial charge is 0.410 e. The summed E-state index contributed by atoms with van der Waals surface area (Å²) < 4.78 is 20.0. The van der Waals surface area contributed by atoms with E-state index in [0.29, 0.717) is 31.2 Å². The molecule has 134 valence electrons. The highest BCUT2D eigenvalue weighted by Gasteiger charge is 2.26. The number of nitrogens with zero attached hydrogens (tertiary/aromatic N) is 1. The Balaban J connectivity index is 1.81. The predicted molar refractivity (Wildman–Crippen MR) is 96.5 cm³/mol. The largest absolute Gasteiger partial charge is 0.444 e. The molecule has 1 aromatic rings. The van der Waals surface area contributed by atoms with E-state index in [-0.39, 0.29) is 11.9 Å². The predicted octanol–water partition coefficient (Wildman–Crippen LogP) is 4.39. The third-order valence-electron chi connectivity index (χ3n) is 4.06. The molecule has 2 rings (SSSR count). The van der Waals surface area contributed by atoms with E-state index in [9.17, 15) is 9.18 Å². The van der Waals surface area contributed by atoms with Crippen LogP contribution in [0.15, 0.2) is 16.6 Å². The average Bonchev–Trinajstić information content (AvgIpc) is 2.48. The highest BCUT2D eigenvalue weighted by Crippen LogP contribution is 2.22. The maximum Gasteiger partial charge on any atom is 0.410 e. The first-order valence-electron chi connectivity index (χ1n) is 8.31. The molecule has 0 atom stereocenters. The van der Waals surface area contributed by atoms with Gasteiger partial charge in [-0.3, -0.25) is 0 Å². The van der Waals surface area contributed by atoms with Crippen molar-refractivity contribution in [2.45, 2.75) is 58.7 Å². The number of hydrogen-bond acceptors (Lipinski definition) is 3. The number of aryl methyl sites for hydroxylation is 1. The number of ether oxygens (including phenoxy) is 1. The summed E-state index contributed by atoms with van der Waals surface area (Å²) in [7, 11) is 0. The number of nitrogens with one attached hydrogen (secondary N) is 1. The Morgan fingerprint density at radius 3 is 2.58 bits per heavy atom. The van der Waals surface area contributed by atoms with Gasteiger partial charge in [-0.2, -0.15) is 0 Å². The van der Waals surface area contributed by atoms with E-state index in [2.05, 4.69) is 21.2 Å². The molecule has 0 spiro atoms. The average molecular weight is 401 g/mol. The molecule has 6 heteroatoms. The van der Waals surface area contributed by atoms with Gasteiger partial charge in [-0.05, 0) is 63.8 Å². The lowest BCUT2D eigenvalue weighted by Crippen LogP contribution is -2.46. The Morgan fingerprint density at radius 1 is 1.38 bits per heavy atom. The van der Waals surface area contributed by atoms with Gasteiger partial charge in [0, 0.05) is 30.1 Å². The van der Waals surface area contributed by atoms with Crippen LogP contribution in [-0.4, -0.2) is 35.7 Å². The molecule has 0 saturated carbocycles. The zero-order valence-electron chi connectivity index (χ0n) is 14.8. The van der Waals surface area contributed by atoms with Crippen LogP contribution in [0.3, 0.4) is 0 Å². The fraction of sp³-hybridized carbons (Fsp3) is 0.611. The van der Waals surface area contributed by atoms with E-state index in [1.165, 1.54) is 0 Å². The Kier molecular flexibility index (Phi) is 6.26. The van der Waals surface area contributed by atoms with Crippen LogP contribution in [0.2, 0.25) is 0 Å². The standard InChI is InChI=1S/C18H26BrFN2O2/c1-12-9-15(19)13(10-16(12)20)11-21-14-5-7-22(8-6-14)17(23)24-18(2,3)4/h9-10,14,21H,5-8,11H2,1-4H3. The minimum absolute atomic E-state index is 0.185. The van der Waals surface area contributed by atoms with E-state index in [0.717, 1.165) is 22.9 Å². The first kappa shape index (κ1) is 19.2.